The summed E-state index contributed by atoms with van der Waals surface area (Å²) in [6.07, 6.45) is -3.29. The zero-order valence-electron chi connectivity index (χ0n) is 19.2. The number of benzene rings is 2. The molecule has 0 bridgehead atoms. The first-order valence-corrected chi connectivity index (χ1v) is 12.5. The third-order valence-electron chi connectivity index (χ3n) is 5.93. The number of nitriles is 1. The van der Waals surface area contributed by atoms with Crippen LogP contribution in [0.1, 0.15) is 25.8 Å². The Hall–Kier alpha value is -3.65. The second kappa shape index (κ2) is 10.3. The number of nitrogens with zero attached hydrogens (tertiary/aromatic N) is 2. The summed E-state index contributed by atoms with van der Waals surface area (Å²) in [6.45, 7) is 2.05. The SMILES string of the molecule is CC(C)([C@H](NC(=O)O)C(=O)N1C[C@@H](F)C[C@H]1C#N)S(=O)(=O)Cc1cccc(Oc2ccccc2)c1. The van der Waals surface area contributed by atoms with Crippen molar-refractivity contribution < 1.29 is 32.2 Å². The maximum absolute atomic E-state index is 13.9. The lowest BCUT2D eigenvalue weighted by Crippen LogP contribution is -2.61. The number of alkyl halides is 1. The third-order valence-corrected chi connectivity index (χ3v) is 8.48. The van der Waals surface area contributed by atoms with Crippen molar-refractivity contribution in [2.75, 3.05) is 6.54 Å². The van der Waals surface area contributed by atoms with Gasteiger partial charge in [-0.1, -0.05) is 30.3 Å². The summed E-state index contributed by atoms with van der Waals surface area (Å²) in [4.78, 5) is 25.6. The van der Waals surface area contributed by atoms with Gasteiger partial charge in [-0.05, 0) is 43.7 Å². The minimum Gasteiger partial charge on any atom is -0.465 e. The predicted octanol–water partition coefficient (Wildman–Crippen LogP) is 3.27. The molecule has 2 amide bonds. The van der Waals surface area contributed by atoms with E-state index in [1.165, 1.54) is 13.8 Å². The molecule has 35 heavy (non-hydrogen) atoms. The molecule has 1 fully saturated rings. The highest BCUT2D eigenvalue weighted by molar-refractivity contribution is 7.92. The number of carboxylic acid groups (broad SMARTS) is 1. The number of carbonyl (C=O) groups is 2. The molecule has 2 N–H and O–H groups in total. The molecule has 0 unspecified atom stereocenters. The van der Waals surface area contributed by atoms with Crippen molar-refractivity contribution in [3.8, 4) is 17.6 Å². The fourth-order valence-electron chi connectivity index (χ4n) is 3.88. The van der Waals surface area contributed by atoms with Crippen molar-refractivity contribution in [1.29, 1.82) is 5.26 Å². The molecule has 1 aliphatic rings. The molecular weight excluding hydrogens is 477 g/mol. The van der Waals surface area contributed by atoms with Crippen LogP contribution >= 0.6 is 0 Å². The average Bonchev–Trinajstić information content (AvgIpc) is 3.18. The Morgan fingerprint density at radius 1 is 1.23 bits per heavy atom. The molecule has 1 aliphatic heterocycles. The molecule has 0 aromatic heterocycles. The Kier molecular flexibility index (Phi) is 7.65. The van der Waals surface area contributed by atoms with Crippen molar-refractivity contribution in [1.82, 2.24) is 10.2 Å². The quantitative estimate of drug-likeness (QED) is 0.564. The molecule has 11 heteroatoms. The fraction of sp³-hybridized carbons (Fsp3) is 0.375. The van der Waals surface area contributed by atoms with Crippen LogP contribution in [0.3, 0.4) is 0 Å². The molecule has 3 atom stereocenters. The van der Waals surface area contributed by atoms with Crippen LogP contribution in [0, 0.1) is 11.3 Å². The number of carbonyl (C=O) groups excluding carboxylic acids is 1. The lowest BCUT2D eigenvalue weighted by molar-refractivity contribution is -0.134. The van der Waals surface area contributed by atoms with Crippen LogP contribution in [0.15, 0.2) is 54.6 Å². The number of para-hydroxylation sites is 1. The van der Waals surface area contributed by atoms with Gasteiger partial charge < -0.3 is 20.1 Å². The van der Waals surface area contributed by atoms with E-state index in [1.54, 1.807) is 48.5 Å². The van der Waals surface area contributed by atoms with Gasteiger partial charge in [-0.2, -0.15) is 5.26 Å². The van der Waals surface area contributed by atoms with Crippen LogP contribution in [0.2, 0.25) is 0 Å². The van der Waals surface area contributed by atoms with E-state index in [4.69, 9.17) is 4.74 Å². The number of halogens is 1. The average molecular weight is 504 g/mol. The van der Waals surface area contributed by atoms with E-state index in [1.807, 2.05) is 17.5 Å². The van der Waals surface area contributed by atoms with Crippen LogP contribution in [-0.2, 0) is 20.4 Å². The van der Waals surface area contributed by atoms with Gasteiger partial charge in [0.1, 0.15) is 29.8 Å². The molecule has 2 aromatic rings. The molecule has 186 valence electrons. The molecule has 2 aromatic carbocycles. The molecule has 0 spiro atoms. The highest BCUT2D eigenvalue weighted by Crippen LogP contribution is 2.31. The Morgan fingerprint density at radius 3 is 2.51 bits per heavy atom. The van der Waals surface area contributed by atoms with Gasteiger partial charge in [-0.15, -0.1) is 0 Å². The number of sulfone groups is 1. The van der Waals surface area contributed by atoms with E-state index < -0.39 is 57.1 Å². The Balaban J connectivity index is 1.87. The largest absolute Gasteiger partial charge is 0.465 e. The van der Waals surface area contributed by atoms with Gasteiger partial charge in [0.15, 0.2) is 9.84 Å². The van der Waals surface area contributed by atoms with Gasteiger partial charge in [-0.3, -0.25) is 4.79 Å². The second-order valence-corrected chi connectivity index (χ2v) is 11.3. The minimum absolute atomic E-state index is 0.219. The van der Waals surface area contributed by atoms with Crippen LogP contribution in [0.25, 0.3) is 0 Å². The summed E-state index contributed by atoms with van der Waals surface area (Å²) >= 11 is 0. The van der Waals surface area contributed by atoms with Crippen molar-refractivity contribution in [2.45, 2.75) is 49.0 Å². The topological polar surface area (TPSA) is 137 Å². The lowest BCUT2D eigenvalue weighted by atomic mass is 10.0. The minimum atomic E-state index is -4.17. The van der Waals surface area contributed by atoms with Crippen molar-refractivity contribution in [3.63, 3.8) is 0 Å². The van der Waals surface area contributed by atoms with E-state index >= 15 is 0 Å². The standard InChI is InChI=1S/C24H26FN3O6S/c1-24(2,21(27-23(30)31)22(29)28-14-17(25)12-18(28)13-26)35(32,33)15-16-7-6-10-20(11-16)34-19-8-4-3-5-9-19/h3-11,17-18,21,27H,12,14-15H2,1-2H3,(H,30,31)/t17-,18-,21+/m0/s1. The monoisotopic (exact) mass is 503 g/mol. The van der Waals surface area contributed by atoms with Gasteiger partial charge in [-0.25, -0.2) is 17.6 Å². The van der Waals surface area contributed by atoms with E-state index in [2.05, 4.69) is 0 Å². The maximum atomic E-state index is 13.9. The highest BCUT2D eigenvalue weighted by atomic mass is 32.2. The predicted molar refractivity (Wildman–Crippen MR) is 125 cm³/mol. The molecule has 1 heterocycles. The number of hydrogen-bond donors (Lipinski definition) is 2. The fourth-order valence-corrected chi connectivity index (χ4v) is 5.39. The molecular formula is C24H26FN3O6S. The third kappa shape index (κ3) is 5.89. The van der Waals surface area contributed by atoms with E-state index in [0.717, 1.165) is 4.90 Å². The Labute approximate surface area is 203 Å². The summed E-state index contributed by atoms with van der Waals surface area (Å²) in [6, 6.07) is 14.3. The first-order valence-electron chi connectivity index (χ1n) is 10.8. The summed E-state index contributed by atoms with van der Waals surface area (Å²) < 4.78 is 44.7. The van der Waals surface area contributed by atoms with Gasteiger partial charge >= 0.3 is 6.09 Å². The van der Waals surface area contributed by atoms with Gasteiger partial charge in [0, 0.05) is 6.42 Å². The van der Waals surface area contributed by atoms with Crippen LogP contribution < -0.4 is 10.1 Å². The molecule has 9 nitrogen and oxygen atoms in total. The number of nitrogens with one attached hydrogen (secondary N) is 1. The molecule has 3 rings (SSSR count). The Bertz CT molecular complexity index is 1230. The zero-order valence-corrected chi connectivity index (χ0v) is 20.0. The summed E-state index contributed by atoms with van der Waals surface area (Å²) in [5.41, 5.74) is 0.368. The lowest BCUT2D eigenvalue weighted by Gasteiger charge is -2.35. The number of rotatable bonds is 8. The zero-order chi connectivity index (χ0) is 25.8. The summed E-state index contributed by atoms with van der Waals surface area (Å²) in [7, 11) is -4.17. The maximum Gasteiger partial charge on any atom is 0.405 e. The molecule has 0 aliphatic carbocycles. The Morgan fingerprint density at radius 2 is 1.89 bits per heavy atom. The molecule has 1 saturated heterocycles. The number of amides is 2. The first-order chi connectivity index (χ1) is 16.4. The summed E-state index contributed by atoms with van der Waals surface area (Å²) in [5, 5.41) is 20.6. The second-order valence-electron chi connectivity index (χ2n) is 8.78. The van der Waals surface area contributed by atoms with Gasteiger partial charge in [0.25, 0.3) is 0 Å². The van der Waals surface area contributed by atoms with E-state index in [0.29, 0.717) is 17.1 Å². The van der Waals surface area contributed by atoms with Crippen LogP contribution in [0.5, 0.6) is 11.5 Å². The number of ether oxygens (including phenoxy) is 1. The highest BCUT2D eigenvalue weighted by Gasteiger charge is 2.50. The summed E-state index contributed by atoms with van der Waals surface area (Å²) in [5.74, 6) is -0.507. The van der Waals surface area contributed by atoms with E-state index in [-0.39, 0.29) is 6.42 Å². The van der Waals surface area contributed by atoms with Crippen molar-refractivity contribution in [3.05, 3.63) is 60.2 Å². The smallest absolute Gasteiger partial charge is 0.405 e. The van der Waals surface area contributed by atoms with E-state index in [9.17, 15) is 32.8 Å². The van der Waals surface area contributed by atoms with Gasteiger partial charge in [0.2, 0.25) is 5.91 Å². The molecule has 0 saturated carbocycles. The normalized spacial score (nSPS) is 19.0. The van der Waals surface area contributed by atoms with Gasteiger partial charge in [0.05, 0.1) is 23.1 Å². The van der Waals surface area contributed by atoms with Crippen LogP contribution in [0.4, 0.5) is 9.18 Å². The van der Waals surface area contributed by atoms with Crippen molar-refractivity contribution in [2.24, 2.45) is 0 Å². The number of likely N-dealkylation sites (tertiary alicyclic amines) is 1. The van der Waals surface area contributed by atoms with Crippen LogP contribution in [-0.4, -0.2) is 60.0 Å². The molecule has 0 radical (unpaired) electrons. The number of hydrogen-bond acceptors (Lipinski definition) is 6. The first kappa shape index (κ1) is 26.0. The van der Waals surface area contributed by atoms with Crippen molar-refractivity contribution >= 4 is 21.8 Å².